The topological polar surface area (TPSA) is 238 Å². The molecule has 8 heterocycles. The predicted molar refractivity (Wildman–Crippen MR) is 575 cm³/mol. The number of esters is 3. The maximum atomic E-state index is 12.2. The van der Waals surface area contributed by atoms with Crippen LogP contribution in [0, 0.1) is 18.3 Å². The Kier molecular flexibility index (Phi) is 35.1. The highest BCUT2D eigenvalue weighted by Crippen LogP contribution is 2.38. The number of aromatic nitrogens is 8. The minimum atomic E-state index is -0.256. The summed E-state index contributed by atoms with van der Waals surface area (Å²) in [6.45, 7) is 76.4. The van der Waals surface area contributed by atoms with Gasteiger partial charge in [0.25, 0.3) is 0 Å². The molecule has 726 valence electrons. The van der Waals surface area contributed by atoms with Crippen molar-refractivity contribution in [2.24, 2.45) is 0 Å². The summed E-state index contributed by atoms with van der Waals surface area (Å²) in [5.74, 6) is -0.0591. The van der Waals surface area contributed by atoms with E-state index in [4.69, 9.17) is 24.2 Å². The first kappa shape index (κ1) is 108. The van der Waals surface area contributed by atoms with Gasteiger partial charge < -0.3 is 58.8 Å². The molecule has 16 rings (SSSR count). The fourth-order valence-electron chi connectivity index (χ4n) is 16.1. The molecule has 1 unspecified atom stereocenters. The van der Waals surface area contributed by atoms with Gasteiger partial charge in [-0.3, -0.25) is 4.79 Å². The highest BCUT2D eigenvalue weighted by Gasteiger charge is 2.28. The predicted octanol–water partition coefficient (Wildman–Crippen LogP) is 31.8. The second-order valence-electron chi connectivity index (χ2n) is 45.3. The van der Waals surface area contributed by atoms with E-state index in [1.807, 2.05) is 82.7 Å². The number of nitrogens with zero attached hydrogens (tertiary/aromatic N) is 1. The van der Waals surface area contributed by atoms with Crippen molar-refractivity contribution in [2.75, 3.05) is 33.0 Å². The van der Waals surface area contributed by atoms with Crippen molar-refractivity contribution in [3.05, 3.63) is 284 Å². The smallest absolute Gasteiger partial charge is 0.340 e. The fraction of sp³-hybridized carbons (Fsp3) is 0.433. The summed E-state index contributed by atoms with van der Waals surface area (Å²) >= 11 is 0. The molecule has 0 radical (unpaired) electrons. The highest BCUT2D eigenvalue weighted by atomic mass is 16.5. The Bertz CT molecular complexity index is 6720. The lowest BCUT2D eigenvalue weighted by atomic mass is 9.83. The van der Waals surface area contributed by atoms with Gasteiger partial charge in [0.15, 0.2) is 0 Å². The molecular weight excluding hydrogens is 1680 g/mol. The lowest BCUT2D eigenvalue weighted by molar-refractivity contribution is -0.142. The Hall–Kier alpha value is -12.1. The minimum absolute atomic E-state index is 0.000540. The Morgan fingerprint density at radius 3 is 1.25 bits per heavy atom. The largest absolute Gasteiger partial charge is 0.466 e. The zero-order valence-electron chi connectivity index (χ0n) is 88.5. The van der Waals surface area contributed by atoms with E-state index in [1.54, 1.807) is 0 Å². The summed E-state index contributed by atoms with van der Waals surface area (Å²) in [6, 6.07) is 60.1. The molecule has 8 N–H and O–H groups in total. The number of aryl methyl sites for hydroxylation is 1. The van der Waals surface area contributed by atoms with Crippen LogP contribution in [0.25, 0.3) is 87.2 Å². The van der Waals surface area contributed by atoms with Crippen LogP contribution in [0.3, 0.4) is 0 Å². The van der Waals surface area contributed by atoms with Crippen LogP contribution in [0.15, 0.2) is 195 Å². The van der Waals surface area contributed by atoms with Gasteiger partial charge >= 0.3 is 17.9 Å². The Balaban J connectivity index is 0.000000174. The van der Waals surface area contributed by atoms with E-state index < -0.39 is 0 Å². The number of hydrogen-bond acceptors (Lipinski definition) is 8. The zero-order chi connectivity index (χ0) is 101. The van der Waals surface area contributed by atoms with Gasteiger partial charge in [0.05, 0.1) is 49.5 Å². The number of nitrogens with one attached hydrogen (secondary N) is 8. The molecular formula is C120H159N9O7. The van der Waals surface area contributed by atoms with E-state index in [1.165, 1.54) is 106 Å². The highest BCUT2D eigenvalue weighted by molar-refractivity contribution is 6.06. The number of carbonyl (C=O) groups is 3. The Morgan fingerprint density at radius 2 is 0.772 bits per heavy atom. The minimum Gasteiger partial charge on any atom is -0.466 e. The fourth-order valence-corrected chi connectivity index (χ4v) is 16.1. The van der Waals surface area contributed by atoms with Crippen molar-refractivity contribution >= 4 is 105 Å². The molecule has 0 aliphatic heterocycles. The number of carbonyl (C=O) groups excluding carboxylic acids is 3. The Morgan fingerprint density at radius 1 is 0.360 bits per heavy atom. The molecule has 1 atom stereocenters. The Labute approximate surface area is 811 Å². The maximum Gasteiger partial charge on any atom is 0.340 e. The van der Waals surface area contributed by atoms with E-state index in [2.05, 4.69) is 393 Å². The summed E-state index contributed by atoms with van der Waals surface area (Å²) < 4.78 is 20.7. The van der Waals surface area contributed by atoms with Crippen molar-refractivity contribution in [3.63, 3.8) is 0 Å². The molecule has 8 aromatic heterocycles. The summed E-state index contributed by atoms with van der Waals surface area (Å²) in [7, 11) is 0. The van der Waals surface area contributed by atoms with E-state index in [0.717, 1.165) is 79.9 Å². The average Bonchev–Trinajstić information content (AvgIpc) is 1.42. The van der Waals surface area contributed by atoms with Crippen LogP contribution in [0.2, 0.25) is 0 Å². The van der Waals surface area contributed by atoms with Crippen LogP contribution in [-0.2, 0) is 85.3 Å². The first-order valence-electron chi connectivity index (χ1n) is 48.8. The van der Waals surface area contributed by atoms with Gasteiger partial charge in [-0.2, -0.15) is 5.26 Å². The third-order valence-corrected chi connectivity index (χ3v) is 24.9. The van der Waals surface area contributed by atoms with E-state index in [-0.39, 0.29) is 66.6 Å². The van der Waals surface area contributed by atoms with E-state index in [0.29, 0.717) is 49.0 Å². The number of rotatable bonds is 13. The third kappa shape index (κ3) is 28.6. The second kappa shape index (κ2) is 44.4. The number of nitriles is 1. The van der Waals surface area contributed by atoms with Crippen molar-refractivity contribution in [3.8, 4) is 6.07 Å². The molecule has 0 aliphatic carbocycles. The van der Waals surface area contributed by atoms with Gasteiger partial charge in [-0.1, -0.05) is 286 Å². The van der Waals surface area contributed by atoms with E-state index >= 15 is 0 Å². The van der Waals surface area contributed by atoms with Crippen LogP contribution in [0.5, 0.6) is 0 Å². The van der Waals surface area contributed by atoms with Crippen molar-refractivity contribution < 1.29 is 33.3 Å². The number of fused-ring (bicyclic) bond motifs is 8. The second-order valence-corrected chi connectivity index (χ2v) is 45.3. The van der Waals surface area contributed by atoms with E-state index in [9.17, 15) is 14.4 Å². The molecule has 16 nitrogen and oxygen atoms in total. The van der Waals surface area contributed by atoms with Crippen molar-refractivity contribution in [1.29, 1.82) is 5.26 Å². The summed E-state index contributed by atoms with van der Waals surface area (Å²) in [6.07, 6.45) is 12.4. The standard InChI is InChI=1S/C16H21NO2.C16H23NO.2C16H23N.2C15H19NO2.C13H14N2.C13H17N/c1-5-19-15(18)8-11-10-17-14-9-12(16(2,3)4)6-7-13(11)14;1-5-18-9-8-12-11-17-15-10-13(16(2,3)4)6-7-14(12)15;1-15(2,3)12-8-7-11-9-14(16(4,5)6)17-13(11)10-12;1-6-11(2)14-10-17-15-9-12(16(3,4)5)7-8-13(14)15;1-5-18-14(17)12-8-10(15(2,3)4)9-13-11(12)6-7-16-13;1-5-18-14(17)12-11(15(2,3)4)7-6-10-8-9-16-13(10)12;1-13(2,3)10-5-4-9-6-11(8-14)15-12(9)7-10;1-9-7-10-5-6-11(13(2,3)4)8-12(10)14-9/h6-7,9-10,17H,5,8H2,1-4H3;6-7,10-11,17H,5,8-9H2,1-4H3;7-10,17H,1-6H3;7-11,17H,6H2,1-5H3;2*6-9,16H,5H2,1-4H3;4-7,15H,1-3H3;5-8,14H,1-4H3. The first-order valence-corrected chi connectivity index (χ1v) is 48.8. The monoisotopic (exact) mass is 1840 g/mol. The maximum absolute atomic E-state index is 12.2. The van der Waals surface area contributed by atoms with Gasteiger partial charge in [0.1, 0.15) is 11.8 Å². The van der Waals surface area contributed by atoms with Crippen LogP contribution in [0.4, 0.5) is 0 Å². The number of hydrogen-bond donors (Lipinski definition) is 8. The molecule has 136 heavy (non-hydrogen) atoms. The van der Waals surface area contributed by atoms with Gasteiger partial charge in [0, 0.05) is 125 Å². The van der Waals surface area contributed by atoms with Gasteiger partial charge in [0.2, 0.25) is 0 Å². The van der Waals surface area contributed by atoms with Gasteiger partial charge in [-0.05, 0) is 248 Å². The molecule has 0 saturated heterocycles. The third-order valence-electron chi connectivity index (χ3n) is 24.9. The SMILES string of the molecule is CC(C)(C)c1ccc2cc(C#N)[nH]c2c1.CC(C)(C)c1ccc2cc(C(C)(C)C)[nH]c2c1.CCC(C)c1c[nH]c2cc(C(C)(C)C)ccc12.CCOC(=O)Cc1c[nH]c2cc(C(C)(C)C)ccc12.CCOC(=O)c1c(C(C)(C)C)ccc2cc[nH]c12.CCOC(=O)c1cc(C(C)(C)C)cc2[nH]ccc12.CCOCCc1c[nH]c2cc(C(C)(C)C)ccc12.Cc1cc2ccc(C(C)(C)C)cc2[nH]1. The molecule has 0 aliphatic rings. The molecule has 0 spiro atoms. The van der Waals surface area contributed by atoms with Crippen LogP contribution in [0.1, 0.15) is 340 Å². The average molecular weight is 1840 g/mol. The summed E-state index contributed by atoms with van der Waals surface area (Å²) in [5, 5.41) is 18.2. The number of ether oxygens (including phenoxy) is 4. The molecule has 0 saturated carbocycles. The van der Waals surface area contributed by atoms with Crippen molar-refractivity contribution in [1.82, 2.24) is 39.9 Å². The van der Waals surface area contributed by atoms with Crippen LogP contribution in [-0.4, -0.2) is 90.8 Å². The van der Waals surface area contributed by atoms with Crippen LogP contribution >= 0.6 is 0 Å². The summed E-state index contributed by atoms with van der Waals surface area (Å²) in [4.78, 5) is 62.1. The number of benzene rings is 8. The molecule has 16 heteroatoms. The summed E-state index contributed by atoms with van der Waals surface area (Å²) in [5.41, 5.74) is 28.6. The lowest BCUT2D eigenvalue weighted by Gasteiger charge is -2.22. The van der Waals surface area contributed by atoms with Crippen LogP contribution < -0.4 is 0 Å². The molecule has 0 fully saturated rings. The number of aromatic amines is 8. The normalized spacial score (nSPS) is 12.4. The molecule has 8 aromatic carbocycles. The van der Waals surface area contributed by atoms with Crippen molar-refractivity contribution in [2.45, 2.75) is 309 Å². The van der Waals surface area contributed by atoms with Gasteiger partial charge in [-0.15, -0.1) is 0 Å². The quantitative estimate of drug-likeness (QED) is 0.0313. The lowest BCUT2D eigenvalue weighted by Crippen LogP contribution is -2.18. The molecule has 0 bridgehead atoms. The number of H-pyrrole nitrogens is 8. The zero-order valence-corrected chi connectivity index (χ0v) is 88.5. The first-order chi connectivity index (χ1) is 63.4. The van der Waals surface area contributed by atoms with Gasteiger partial charge in [-0.25, -0.2) is 9.59 Å². The molecule has 0 amide bonds. The molecule has 16 aromatic rings.